The highest BCUT2D eigenvalue weighted by Crippen LogP contribution is 2.40. The van der Waals surface area contributed by atoms with Crippen molar-refractivity contribution in [3.8, 4) is 11.5 Å². The molecule has 0 bridgehead atoms. The third kappa shape index (κ3) is 4.15. The van der Waals surface area contributed by atoms with Crippen LogP contribution in [-0.4, -0.2) is 28.5 Å². The van der Waals surface area contributed by atoms with Gasteiger partial charge in [0.15, 0.2) is 6.23 Å². The topological polar surface area (TPSA) is 58.4 Å². The predicted octanol–water partition coefficient (Wildman–Crippen LogP) is 6.19. The molecule has 1 aliphatic heterocycles. The van der Waals surface area contributed by atoms with Crippen molar-refractivity contribution >= 4 is 56.7 Å². The molecule has 0 spiro atoms. The third-order valence-electron chi connectivity index (χ3n) is 4.97. The van der Waals surface area contributed by atoms with Gasteiger partial charge < -0.3 is 14.2 Å². The Hall–Kier alpha value is -1.29. The van der Waals surface area contributed by atoms with Crippen molar-refractivity contribution in [2.24, 2.45) is 0 Å². The summed E-state index contributed by atoms with van der Waals surface area (Å²) in [4.78, 5) is 4.01. The van der Waals surface area contributed by atoms with E-state index in [-0.39, 0.29) is 6.23 Å². The number of halogens is 3. The second-order valence-electron chi connectivity index (χ2n) is 6.85. The highest BCUT2D eigenvalue weighted by Gasteiger charge is 2.25. The van der Waals surface area contributed by atoms with Gasteiger partial charge in [0.1, 0.15) is 21.3 Å². The van der Waals surface area contributed by atoms with E-state index in [0.29, 0.717) is 27.1 Å². The van der Waals surface area contributed by atoms with Crippen LogP contribution in [-0.2, 0) is 4.74 Å². The fourth-order valence-electron chi connectivity index (χ4n) is 3.57. The lowest BCUT2D eigenvalue weighted by Gasteiger charge is -2.23. The van der Waals surface area contributed by atoms with Gasteiger partial charge in [-0.05, 0) is 48.8 Å². The lowest BCUT2D eigenvalue weighted by atomic mass is 10.1. The molecular formula is C20H20Cl2IN3O3. The van der Waals surface area contributed by atoms with Gasteiger partial charge in [0, 0.05) is 36.7 Å². The van der Waals surface area contributed by atoms with Crippen LogP contribution in [0.1, 0.15) is 44.1 Å². The molecular weight excluding hydrogens is 528 g/mol. The van der Waals surface area contributed by atoms with Crippen molar-refractivity contribution in [1.82, 2.24) is 14.8 Å². The number of hydrogen-bond acceptors (Lipinski definition) is 5. The van der Waals surface area contributed by atoms with Gasteiger partial charge in [-0.2, -0.15) is 5.10 Å². The Kier molecular flexibility index (Phi) is 6.38. The number of pyridine rings is 1. The van der Waals surface area contributed by atoms with Crippen LogP contribution in [0.5, 0.6) is 11.5 Å². The first-order valence-corrected chi connectivity index (χ1v) is 11.2. The Morgan fingerprint density at radius 3 is 2.66 bits per heavy atom. The SMILES string of the molecule is COc1cc(O[C@H](C)c2c(Cl)cncc2Cl)c2c(I)nn(C3CCCCO3)c2c1. The van der Waals surface area contributed by atoms with Crippen LogP contribution >= 0.6 is 45.8 Å². The Bertz CT molecular complexity index is 1020. The van der Waals surface area contributed by atoms with Gasteiger partial charge in [-0.1, -0.05) is 23.2 Å². The molecule has 9 heteroatoms. The van der Waals surface area contributed by atoms with E-state index in [1.54, 1.807) is 19.5 Å². The van der Waals surface area contributed by atoms with Crippen molar-refractivity contribution in [2.75, 3.05) is 13.7 Å². The summed E-state index contributed by atoms with van der Waals surface area (Å²) in [5.41, 5.74) is 1.60. The Morgan fingerprint density at radius 1 is 1.24 bits per heavy atom. The van der Waals surface area contributed by atoms with Crippen LogP contribution in [0.3, 0.4) is 0 Å². The molecule has 154 valence electrons. The van der Waals surface area contributed by atoms with Gasteiger partial charge in [-0.15, -0.1) is 0 Å². The molecule has 0 aliphatic carbocycles. The fourth-order valence-corrected chi connectivity index (χ4v) is 5.02. The summed E-state index contributed by atoms with van der Waals surface area (Å²) in [5, 5.41) is 6.58. The molecule has 0 amide bonds. The van der Waals surface area contributed by atoms with Crippen molar-refractivity contribution in [3.63, 3.8) is 0 Å². The van der Waals surface area contributed by atoms with Crippen molar-refractivity contribution in [3.05, 3.63) is 43.8 Å². The summed E-state index contributed by atoms with van der Waals surface area (Å²) in [7, 11) is 1.63. The first-order valence-electron chi connectivity index (χ1n) is 9.32. The van der Waals surface area contributed by atoms with Crippen LogP contribution < -0.4 is 9.47 Å². The quantitative estimate of drug-likeness (QED) is 0.356. The number of rotatable bonds is 5. The zero-order valence-corrected chi connectivity index (χ0v) is 19.7. The summed E-state index contributed by atoms with van der Waals surface area (Å²) >= 11 is 14.9. The Morgan fingerprint density at radius 2 is 2.00 bits per heavy atom. The van der Waals surface area contributed by atoms with Crippen molar-refractivity contribution < 1.29 is 14.2 Å². The summed E-state index contributed by atoms with van der Waals surface area (Å²) in [6.45, 7) is 2.64. The lowest BCUT2D eigenvalue weighted by molar-refractivity contribution is -0.0368. The molecule has 1 aromatic carbocycles. The zero-order valence-electron chi connectivity index (χ0n) is 16.0. The number of fused-ring (bicyclic) bond motifs is 1. The van der Waals surface area contributed by atoms with Gasteiger partial charge in [0.2, 0.25) is 0 Å². The highest BCUT2D eigenvalue weighted by atomic mass is 127. The first kappa shape index (κ1) is 21.0. The molecule has 0 saturated carbocycles. The molecule has 1 unspecified atom stereocenters. The Labute approximate surface area is 192 Å². The van der Waals surface area contributed by atoms with E-state index in [0.717, 1.165) is 40.5 Å². The molecule has 0 N–H and O–H groups in total. The van der Waals surface area contributed by atoms with Crippen molar-refractivity contribution in [1.29, 1.82) is 0 Å². The standard InChI is InChI=1S/C20H20Cl2IN3O3/c1-11(18-13(21)9-24-10-14(18)22)29-16-8-12(27-2)7-15-19(16)20(23)25-26(15)17-5-3-4-6-28-17/h7-11,17H,3-6H2,1-2H3/t11-,17?/m1/s1. The van der Waals surface area contributed by atoms with Gasteiger partial charge >= 0.3 is 0 Å². The minimum absolute atomic E-state index is 0.0868. The van der Waals surface area contributed by atoms with Crippen LogP contribution in [0.4, 0.5) is 0 Å². The largest absolute Gasteiger partial charge is 0.497 e. The van der Waals surface area contributed by atoms with E-state index in [2.05, 4.69) is 27.6 Å². The van der Waals surface area contributed by atoms with Gasteiger partial charge in [0.25, 0.3) is 0 Å². The lowest BCUT2D eigenvalue weighted by Crippen LogP contribution is -2.19. The van der Waals surface area contributed by atoms with E-state index < -0.39 is 6.10 Å². The molecule has 6 nitrogen and oxygen atoms in total. The number of methoxy groups -OCH3 is 1. The number of ether oxygens (including phenoxy) is 3. The van der Waals surface area contributed by atoms with E-state index in [1.807, 2.05) is 23.7 Å². The van der Waals surface area contributed by atoms with Crippen LogP contribution in [0.25, 0.3) is 10.9 Å². The minimum Gasteiger partial charge on any atom is -0.497 e. The van der Waals surface area contributed by atoms with E-state index in [1.165, 1.54) is 0 Å². The summed E-state index contributed by atoms with van der Waals surface area (Å²) < 4.78 is 20.6. The molecule has 0 radical (unpaired) electrons. The monoisotopic (exact) mass is 547 g/mol. The first-order chi connectivity index (χ1) is 14.0. The summed E-state index contributed by atoms with van der Waals surface area (Å²) in [6.07, 6.45) is 5.77. The minimum atomic E-state index is -0.390. The number of aromatic nitrogens is 3. The molecule has 3 aromatic rings. The molecule has 1 saturated heterocycles. The van der Waals surface area contributed by atoms with E-state index in [9.17, 15) is 0 Å². The number of hydrogen-bond donors (Lipinski definition) is 0. The summed E-state index contributed by atoms with van der Waals surface area (Å²) in [5.74, 6) is 1.34. The van der Waals surface area contributed by atoms with Crippen LogP contribution in [0.2, 0.25) is 10.0 Å². The second-order valence-corrected chi connectivity index (χ2v) is 8.69. The highest BCUT2D eigenvalue weighted by molar-refractivity contribution is 14.1. The average molecular weight is 548 g/mol. The number of benzene rings is 1. The second kappa shape index (κ2) is 8.83. The van der Waals surface area contributed by atoms with Gasteiger partial charge in [-0.3, -0.25) is 4.98 Å². The zero-order chi connectivity index (χ0) is 20.5. The van der Waals surface area contributed by atoms with Gasteiger partial charge in [-0.25, -0.2) is 4.68 Å². The van der Waals surface area contributed by atoms with E-state index in [4.69, 9.17) is 42.5 Å². The summed E-state index contributed by atoms with van der Waals surface area (Å²) in [6, 6.07) is 3.82. The smallest absolute Gasteiger partial charge is 0.150 e. The third-order valence-corrected chi connectivity index (χ3v) is 6.33. The maximum atomic E-state index is 6.32. The van der Waals surface area contributed by atoms with Crippen LogP contribution in [0.15, 0.2) is 24.5 Å². The molecule has 4 rings (SSSR count). The fraction of sp³-hybridized carbons (Fsp3) is 0.400. The maximum absolute atomic E-state index is 6.32. The number of nitrogens with zero attached hydrogens (tertiary/aromatic N) is 3. The molecule has 29 heavy (non-hydrogen) atoms. The van der Waals surface area contributed by atoms with Crippen LogP contribution in [0, 0.1) is 3.70 Å². The van der Waals surface area contributed by atoms with Crippen molar-refractivity contribution in [2.45, 2.75) is 38.5 Å². The van der Waals surface area contributed by atoms with E-state index >= 15 is 0 Å². The van der Waals surface area contributed by atoms with Gasteiger partial charge in [0.05, 0.1) is 28.1 Å². The normalized spacial score (nSPS) is 18.0. The molecule has 2 atom stereocenters. The molecule has 1 aliphatic rings. The molecule has 2 aromatic heterocycles. The molecule has 1 fully saturated rings. The molecule has 3 heterocycles. The average Bonchev–Trinajstić information content (AvgIpc) is 3.05. The predicted molar refractivity (Wildman–Crippen MR) is 121 cm³/mol. The Balaban J connectivity index is 1.78. The maximum Gasteiger partial charge on any atom is 0.150 e.